The predicted octanol–water partition coefficient (Wildman–Crippen LogP) is 3.52. The number of unbranched alkanes of at least 4 members (excludes halogenated alkanes) is 2. The summed E-state index contributed by atoms with van der Waals surface area (Å²) in [5.74, 6) is 0.118. The molecule has 0 aromatic carbocycles. The number of carboxylic acid groups (broad SMARTS) is 1. The molecule has 1 radical (unpaired) electrons. The van der Waals surface area contributed by atoms with Gasteiger partial charge in [-0.2, -0.15) is 0 Å². The van der Waals surface area contributed by atoms with E-state index in [9.17, 15) is 14.7 Å². The molecule has 1 fully saturated rings. The first-order chi connectivity index (χ1) is 13.7. The summed E-state index contributed by atoms with van der Waals surface area (Å²) < 4.78 is 0. The monoisotopic (exact) mass is 411 g/mol. The van der Waals surface area contributed by atoms with Crippen molar-refractivity contribution in [2.24, 2.45) is 29.2 Å². The Hall–Kier alpha value is -0.915. The third kappa shape index (κ3) is 9.18. The van der Waals surface area contributed by atoms with E-state index >= 15 is 0 Å². The van der Waals surface area contributed by atoms with Gasteiger partial charge in [-0.05, 0) is 43.9 Å². The molecule has 0 spiro atoms. The molecule has 1 saturated carbocycles. The zero-order valence-electron chi connectivity index (χ0n) is 19.0. The van der Waals surface area contributed by atoms with Crippen LogP contribution in [0.4, 0.5) is 0 Å². The molecular formula is C22H44BN2O4. The van der Waals surface area contributed by atoms with Crippen LogP contribution in [0.2, 0.25) is 6.32 Å². The van der Waals surface area contributed by atoms with E-state index in [1.165, 1.54) is 12.8 Å². The first-order valence-corrected chi connectivity index (χ1v) is 11.4. The molecule has 0 amide bonds. The molecule has 169 valence electrons. The van der Waals surface area contributed by atoms with Gasteiger partial charge in [0.2, 0.25) is 0 Å². The Kier molecular flexibility index (Phi) is 14.5. The molecule has 0 bridgehead atoms. The Bertz CT molecular complexity index is 478. The van der Waals surface area contributed by atoms with E-state index in [0.717, 1.165) is 52.4 Å². The number of ketones is 1. The molecule has 0 aromatic rings. The van der Waals surface area contributed by atoms with Crippen LogP contribution in [0, 0.1) is 17.8 Å². The highest BCUT2D eigenvalue weighted by Crippen LogP contribution is 2.49. The van der Waals surface area contributed by atoms with Gasteiger partial charge in [0.15, 0.2) is 0 Å². The van der Waals surface area contributed by atoms with E-state index in [0.29, 0.717) is 24.6 Å². The van der Waals surface area contributed by atoms with Gasteiger partial charge in [-0.3, -0.25) is 9.59 Å². The van der Waals surface area contributed by atoms with Gasteiger partial charge in [0.05, 0.1) is 6.04 Å². The molecule has 5 unspecified atom stereocenters. The highest BCUT2D eigenvalue weighted by molar-refractivity contribution is 6.25. The molecule has 7 heteroatoms. The summed E-state index contributed by atoms with van der Waals surface area (Å²) in [6.07, 6.45) is 10.2. The van der Waals surface area contributed by atoms with Crippen molar-refractivity contribution in [3.8, 4) is 0 Å². The fourth-order valence-corrected chi connectivity index (χ4v) is 4.63. The summed E-state index contributed by atoms with van der Waals surface area (Å²) in [6, 6.07) is -0.216. The molecule has 6 nitrogen and oxygen atoms in total. The Balaban J connectivity index is 0.000000665. The number of rotatable bonds is 13. The molecule has 0 aliphatic heterocycles. The lowest BCUT2D eigenvalue weighted by Gasteiger charge is -2.30. The molecule has 29 heavy (non-hydrogen) atoms. The van der Waals surface area contributed by atoms with Gasteiger partial charge in [0, 0.05) is 0 Å². The van der Waals surface area contributed by atoms with Crippen LogP contribution in [0.15, 0.2) is 0 Å². The normalized spacial score (nSPS) is 27.1. The number of carbonyl (C=O) groups excluding carboxylic acids is 1. The second kappa shape index (κ2) is 15.0. The molecule has 0 saturated heterocycles. The van der Waals surface area contributed by atoms with Crippen molar-refractivity contribution < 1.29 is 19.7 Å². The minimum absolute atomic E-state index is 0.0369. The average Bonchev–Trinajstić information content (AvgIpc) is 2.96. The van der Waals surface area contributed by atoms with Crippen molar-refractivity contribution in [1.82, 2.24) is 0 Å². The third-order valence-electron chi connectivity index (χ3n) is 6.42. The van der Waals surface area contributed by atoms with E-state index < -0.39 is 11.5 Å². The van der Waals surface area contributed by atoms with Crippen molar-refractivity contribution in [2.45, 2.75) is 110 Å². The van der Waals surface area contributed by atoms with E-state index in [1.54, 1.807) is 6.92 Å². The lowest BCUT2D eigenvalue weighted by atomic mass is 9.76. The summed E-state index contributed by atoms with van der Waals surface area (Å²) >= 11 is 0. The minimum Gasteiger partial charge on any atom is -0.480 e. The van der Waals surface area contributed by atoms with Crippen molar-refractivity contribution >= 4 is 19.2 Å². The number of nitrogens with two attached hydrogens (primary N) is 2. The zero-order chi connectivity index (χ0) is 22.4. The first-order valence-electron chi connectivity index (χ1n) is 11.4. The zero-order valence-corrected chi connectivity index (χ0v) is 19.0. The summed E-state index contributed by atoms with van der Waals surface area (Å²) in [5.41, 5.74) is 10.7. The largest absolute Gasteiger partial charge is 0.480 e. The number of hydrogen-bond acceptors (Lipinski definition) is 5. The van der Waals surface area contributed by atoms with Crippen molar-refractivity contribution in [2.75, 3.05) is 0 Å². The quantitative estimate of drug-likeness (QED) is 0.271. The molecule has 1 rings (SSSR count). The van der Waals surface area contributed by atoms with Crippen LogP contribution in [-0.2, 0) is 9.59 Å². The fraction of sp³-hybridized carbons (Fsp3) is 0.909. The number of aliphatic carboxylic acids is 1. The van der Waals surface area contributed by atoms with Gasteiger partial charge in [-0.25, -0.2) is 0 Å². The van der Waals surface area contributed by atoms with Crippen LogP contribution in [0.3, 0.4) is 0 Å². The lowest BCUT2D eigenvalue weighted by molar-refractivity contribution is -0.145. The van der Waals surface area contributed by atoms with Gasteiger partial charge in [0.25, 0.3) is 7.48 Å². The second-order valence-corrected chi connectivity index (χ2v) is 8.60. The summed E-state index contributed by atoms with van der Waals surface area (Å²) in [7, 11) is 1.15. The molecule has 1 aliphatic carbocycles. The SMILES string of the molecule is CCCC1C(CC)CC(N)(C(=O)O)C1CCC[B]O.CCCCCC(N)C(C)=O. The maximum absolute atomic E-state index is 11.6. The fourth-order valence-electron chi connectivity index (χ4n) is 4.63. The molecular weight excluding hydrogens is 367 g/mol. The van der Waals surface area contributed by atoms with Crippen LogP contribution in [-0.4, -0.2) is 40.9 Å². The number of carboxylic acids is 1. The van der Waals surface area contributed by atoms with Crippen LogP contribution < -0.4 is 11.5 Å². The van der Waals surface area contributed by atoms with Crippen LogP contribution in [0.25, 0.3) is 0 Å². The average molecular weight is 411 g/mol. The van der Waals surface area contributed by atoms with Crippen LogP contribution >= 0.6 is 0 Å². The van der Waals surface area contributed by atoms with E-state index in [2.05, 4.69) is 20.8 Å². The smallest absolute Gasteiger partial charge is 0.323 e. The third-order valence-corrected chi connectivity index (χ3v) is 6.42. The van der Waals surface area contributed by atoms with E-state index in [4.69, 9.17) is 16.5 Å². The molecule has 0 aromatic heterocycles. The Labute approximate surface area is 178 Å². The molecule has 5 atom stereocenters. The summed E-state index contributed by atoms with van der Waals surface area (Å²) in [6.45, 7) is 7.96. The van der Waals surface area contributed by atoms with Gasteiger partial charge < -0.3 is 21.6 Å². The van der Waals surface area contributed by atoms with Gasteiger partial charge >= 0.3 is 5.97 Å². The maximum atomic E-state index is 11.6. The minimum atomic E-state index is -1.07. The molecule has 6 N–H and O–H groups in total. The summed E-state index contributed by atoms with van der Waals surface area (Å²) in [5, 5.41) is 18.3. The Morgan fingerprint density at radius 3 is 2.24 bits per heavy atom. The van der Waals surface area contributed by atoms with Crippen LogP contribution in [0.1, 0.15) is 91.9 Å². The Morgan fingerprint density at radius 2 is 1.79 bits per heavy atom. The molecule has 1 aliphatic rings. The van der Waals surface area contributed by atoms with Crippen LogP contribution in [0.5, 0.6) is 0 Å². The van der Waals surface area contributed by atoms with Crippen molar-refractivity contribution in [3.63, 3.8) is 0 Å². The van der Waals surface area contributed by atoms with Crippen molar-refractivity contribution in [1.29, 1.82) is 0 Å². The predicted molar refractivity (Wildman–Crippen MR) is 120 cm³/mol. The highest BCUT2D eigenvalue weighted by Gasteiger charge is 2.54. The van der Waals surface area contributed by atoms with Crippen molar-refractivity contribution in [3.05, 3.63) is 0 Å². The molecule has 0 heterocycles. The number of Topliss-reactive ketones (excluding diaryl/α,β-unsaturated/α-hetero) is 1. The lowest BCUT2D eigenvalue weighted by Crippen LogP contribution is -2.52. The van der Waals surface area contributed by atoms with E-state index in [-0.39, 0.29) is 17.7 Å². The van der Waals surface area contributed by atoms with Gasteiger partial charge in [0.1, 0.15) is 11.3 Å². The van der Waals surface area contributed by atoms with E-state index in [1.807, 2.05) is 0 Å². The topological polar surface area (TPSA) is 127 Å². The summed E-state index contributed by atoms with van der Waals surface area (Å²) in [4.78, 5) is 22.2. The second-order valence-electron chi connectivity index (χ2n) is 8.60. The number of carbonyl (C=O) groups is 2. The standard InChI is InChI=1S/C14H27BNO3.C8H17NO/c1-3-6-11-10(4-2)9-14(16,13(17)18)12(11)7-5-8-15-19;1-3-4-5-6-8(9)7(2)10/h10-12,19H,3-9,16H2,1-2H3,(H,17,18);8H,3-6,9H2,1-2H3. The van der Waals surface area contributed by atoms with Gasteiger partial charge in [-0.15, -0.1) is 0 Å². The highest BCUT2D eigenvalue weighted by atomic mass is 16.4. The maximum Gasteiger partial charge on any atom is 0.323 e. The number of hydrogen-bond donors (Lipinski definition) is 4. The Morgan fingerprint density at radius 1 is 1.14 bits per heavy atom. The first kappa shape index (κ1) is 28.1. The van der Waals surface area contributed by atoms with Gasteiger partial charge in [-0.1, -0.05) is 72.0 Å².